The molecule has 2 N–H and O–H groups in total. The van der Waals surface area contributed by atoms with E-state index in [1.807, 2.05) is 24.3 Å². The highest BCUT2D eigenvalue weighted by Crippen LogP contribution is 2.27. The molecule has 0 unspecified atom stereocenters. The van der Waals surface area contributed by atoms with Crippen LogP contribution in [0.15, 0.2) is 51.8 Å². The van der Waals surface area contributed by atoms with Crippen LogP contribution in [0.1, 0.15) is 18.9 Å². The first-order chi connectivity index (χ1) is 11.3. The van der Waals surface area contributed by atoms with Gasteiger partial charge >= 0.3 is 0 Å². The van der Waals surface area contributed by atoms with Crippen LogP contribution in [-0.2, 0) is 21.1 Å². The van der Waals surface area contributed by atoms with Gasteiger partial charge in [-0.1, -0.05) is 41.1 Å². The topological polar surface area (TPSA) is 83.5 Å². The van der Waals surface area contributed by atoms with E-state index in [0.29, 0.717) is 6.42 Å². The predicted molar refractivity (Wildman–Crippen MR) is 96.9 cm³/mol. The van der Waals surface area contributed by atoms with Crippen LogP contribution in [0.3, 0.4) is 0 Å². The summed E-state index contributed by atoms with van der Waals surface area (Å²) in [5, 5.41) is 12.4. The number of nitrogens with one attached hydrogen (secondary N) is 1. The number of aromatic hydroxyl groups is 1. The molecule has 0 saturated carbocycles. The number of carbonyl (C=O) groups is 1. The minimum atomic E-state index is -3.40. The van der Waals surface area contributed by atoms with Crippen LogP contribution < -0.4 is 5.32 Å². The maximum absolute atomic E-state index is 12.1. The third-order valence-electron chi connectivity index (χ3n) is 3.56. The quantitative estimate of drug-likeness (QED) is 0.712. The van der Waals surface area contributed by atoms with Gasteiger partial charge in [0.05, 0.1) is 16.3 Å². The molecule has 0 aliphatic carbocycles. The van der Waals surface area contributed by atoms with Crippen LogP contribution in [0.5, 0.6) is 5.75 Å². The first-order valence-corrected chi connectivity index (χ1v) is 9.87. The molecule has 0 fully saturated rings. The van der Waals surface area contributed by atoms with Crippen molar-refractivity contribution in [2.45, 2.75) is 24.7 Å². The van der Waals surface area contributed by atoms with Gasteiger partial charge in [0.2, 0.25) is 5.91 Å². The zero-order valence-corrected chi connectivity index (χ0v) is 15.5. The fourth-order valence-corrected chi connectivity index (χ4v) is 3.53. The van der Waals surface area contributed by atoms with Gasteiger partial charge in [-0.3, -0.25) is 4.79 Å². The molecule has 5 nitrogen and oxygen atoms in total. The standard InChI is InChI=1S/C17H18BrNO4S/c1-2-24(22,23)13-8-9-16(20)15(11-13)19-17(21)10-7-12-5-3-4-6-14(12)18/h3-6,8-9,11,20H,2,7,10H2,1H3,(H,19,21). The molecule has 0 atom stereocenters. The Labute approximate surface area is 149 Å². The highest BCUT2D eigenvalue weighted by Gasteiger charge is 2.15. The van der Waals surface area contributed by atoms with Crippen LogP contribution in [0.25, 0.3) is 0 Å². The molecule has 0 aliphatic rings. The monoisotopic (exact) mass is 411 g/mol. The van der Waals surface area contributed by atoms with Gasteiger partial charge in [0, 0.05) is 10.9 Å². The van der Waals surface area contributed by atoms with Gasteiger partial charge < -0.3 is 10.4 Å². The van der Waals surface area contributed by atoms with E-state index in [1.54, 1.807) is 0 Å². The van der Waals surface area contributed by atoms with Crippen LogP contribution in [0.4, 0.5) is 5.69 Å². The van der Waals surface area contributed by atoms with Gasteiger partial charge in [-0.25, -0.2) is 8.42 Å². The average Bonchev–Trinajstić information content (AvgIpc) is 2.56. The number of benzene rings is 2. The summed E-state index contributed by atoms with van der Waals surface area (Å²) in [7, 11) is -3.40. The molecule has 0 aromatic heterocycles. The maximum atomic E-state index is 12.1. The molecule has 0 heterocycles. The van der Waals surface area contributed by atoms with E-state index < -0.39 is 9.84 Å². The predicted octanol–water partition coefficient (Wildman–Crippen LogP) is 3.52. The number of carbonyl (C=O) groups excluding carboxylic acids is 1. The van der Waals surface area contributed by atoms with Crippen molar-refractivity contribution in [3.63, 3.8) is 0 Å². The van der Waals surface area contributed by atoms with E-state index in [1.165, 1.54) is 25.1 Å². The molecule has 0 radical (unpaired) electrons. The van der Waals surface area contributed by atoms with Crippen molar-refractivity contribution < 1.29 is 18.3 Å². The van der Waals surface area contributed by atoms with E-state index in [9.17, 15) is 18.3 Å². The Kier molecular flexibility index (Phi) is 6.01. The lowest BCUT2D eigenvalue weighted by Gasteiger charge is -2.10. The summed E-state index contributed by atoms with van der Waals surface area (Å²) in [4.78, 5) is 12.2. The fourth-order valence-electron chi connectivity index (χ4n) is 2.14. The Morgan fingerprint density at radius 2 is 1.92 bits per heavy atom. The van der Waals surface area contributed by atoms with Gasteiger partial charge in [-0.2, -0.15) is 0 Å². The van der Waals surface area contributed by atoms with Crippen molar-refractivity contribution in [3.8, 4) is 5.75 Å². The Morgan fingerprint density at radius 3 is 2.58 bits per heavy atom. The van der Waals surface area contributed by atoms with Gasteiger partial charge in [0.1, 0.15) is 5.75 Å². The number of hydrogen-bond acceptors (Lipinski definition) is 4. The molecule has 0 aliphatic heterocycles. The number of rotatable bonds is 6. The Morgan fingerprint density at radius 1 is 1.21 bits per heavy atom. The van der Waals surface area contributed by atoms with Crippen molar-refractivity contribution in [1.82, 2.24) is 0 Å². The van der Waals surface area contributed by atoms with E-state index in [4.69, 9.17) is 0 Å². The average molecular weight is 412 g/mol. The molecular weight excluding hydrogens is 394 g/mol. The van der Waals surface area contributed by atoms with Crippen LogP contribution in [-0.4, -0.2) is 25.2 Å². The lowest BCUT2D eigenvalue weighted by molar-refractivity contribution is -0.116. The molecule has 0 bridgehead atoms. The molecule has 7 heteroatoms. The Bertz CT molecular complexity index is 849. The first-order valence-electron chi connectivity index (χ1n) is 7.42. The number of phenolic OH excluding ortho intramolecular Hbond substituents is 1. The third kappa shape index (κ3) is 4.58. The number of sulfone groups is 1. The van der Waals surface area contributed by atoms with Crippen molar-refractivity contribution in [1.29, 1.82) is 0 Å². The van der Waals surface area contributed by atoms with E-state index in [0.717, 1.165) is 10.0 Å². The maximum Gasteiger partial charge on any atom is 0.224 e. The van der Waals surface area contributed by atoms with Crippen molar-refractivity contribution >= 4 is 37.4 Å². The molecular formula is C17H18BrNO4S. The lowest BCUT2D eigenvalue weighted by atomic mass is 10.1. The number of phenols is 1. The summed E-state index contributed by atoms with van der Waals surface area (Å²) in [6.07, 6.45) is 0.744. The minimum absolute atomic E-state index is 0.0484. The third-order valence-corrected chi connectivity index (χ3v) is 6.07. The molecule has 128 valence electrons. The first kappa shape index (κ1) is 18.5. The van der Waals surface area contributed by atoms with Gasteiger partial charge in [-0.15, -0.1) is 0 Å². The SMILES string of the molecule is CCS(=O)(=O)c1ccc(O)c(NC(=O)CCc2ccccc2Br)c1. The van der Waals surface area contributed by atoms with E-state index in [-0.39, 0.29) is 34.4 Å². The van der Waals surface area contributed by atoms with Crippen molar-refractivity contribution in [2.75, 3.05) is 11.1 Å². The van der Waals surface area contributed by atoms with Gasteiger partial charge in [0.15, 0.2) is 9.84 Å². The van der Waals surface area contributed by atoms with Crippen molar-refractivity contribution in [2.24, 2.45) is 0 Å². The van der Waals surface area contributed by atoms with E-state index in [2.05, 4.69) is 21.2 Å². The normalized spacial score (nSPS) is 11.2. The number of anilines is 1. The summed E-state index contributed by atoms with van der Waals surface area (Å²) in [5.74, 6) is -0.515. The molecule has 2 rings (SSSR count). The highest BCUT2D eigenvalue weighted by atomic mass is 79.9. The second-order valence-corrected chi connectivity index (χ2v) is 8.35. The Hall–Kier alpha value is -1.86. The highest BCUT2D eigenvalue weighted by molar-refractivity contribution is 9.10. The van der Waals surface area contributed by atoms with Crippen LogP contribution in [0.2, 0.25) is 0 Å². The fraction of sp³-hybridized carbons (Fsp3) is 0.235. The molecule has 1 amide bonds. The molecule has 2 aromatic carbocycles. The largest absolute Gasteiger partial charge is 0.506 e. The smallest absolute Gasteiger partial charge is 0.224 e. The van der Waals surface area contributed by atoms with Crippen molar-refractivity contribution in [3.05, 3.63) is 52.5 Å². The molecule has 0 saturated heterocycles. The van der Waals surface area contributed by atoms with E-state index >= 15 is 0 Å². The molecule has 2 aromatic rings. The number of aryl methyl sites for hydroxylation is 1. The molecule has 24 heavy (non-hydrogen) atoms. The number of amides is 1. The second-order valence-electron chi connectivity index (χ2n) is 5.22. The van der Waals surface area contributed by atoms with Crippen LogP contribution in [0, 0.1) is 0 Å². The summed E-state index contributed by atoms with van der Waals surface area (Å²) in [5.41, 5.74) is 1.10. The minimum Gasteiger partial charge on any atom is -0.506 e. The van der Waals surface area contributed by atoms with Crippen LogP contribution >= 0.6 is 15.9 Å². The Balaban J connectivity index is 2.09. The second kappa shape index (κ2) is 7.81. The lowest BCUT2D eigenvalue weighted by Crippen LogP contribution is -2.13. The summed E-state index contributed by atoms with van der Waals surface area (Å²) in [6, 6.07) is 11.5. The van der Waals surface area contributed by atoms with Gasteiger partial charge in [0.25, 0.3) is 0 Å². The zero-order chi connectivity index (χ0) is 17.7. The summed E-state index contributed by atoms with van der Waals surface area (Å²) >= 11 is 3.43. The molecule has 0 spiro atoms. The zero-order valence-electron chi connectivity index (χ0n) is 13.1. The number of hydrogen-bond donors (Lipinski definition) is 2. The number of halogens is 1. The van der Waals surface area contributed by atoms with Gasteiger partial charge in [-0.05, 0) is 36.2 Å². The summed E-state index contributed by atoms with van der Waals surface area (Å²) < 4.78 is 24.7. The summed E-state index contributed by atoms with van der Waals surface area (Å²) in [6.45, 7) is 1.54.